The van der Waals surface area contributed by atoms with Crippen LogP contribution in [0.1, 0.15) is 5.56 Å². The molecule has 0 radical (unpaired) electrons. The van der Waals surface area contributed by atoms with Crippen molar-refractivity contribution in [2.45, 2.75) is 12.5 Å². The van der Waals surface area contributed by atoms with Gasteiger partial charge in [-0.1, -0.05) is 30.3 Å². The summed E-state index contributed by atoms with van der Waals surface area (Å²) in [5.41, 5.74) is 1.21. The monoisotopic (exact) mass is 209 g/mol. The van der Waals surface area contributed by atoms with Crippen molar-refractivity contribution in [2.24, 2.45) is 11.8 Å². The third-order valence-corrected chi connectivity index (χ3v) is 3.52. The van der Waals surface area contributed by atoms with Crippen LogP contribution in [0, 0.1) is 11.8 Å². The second-order valence-electron chi connectivity index (χ2n) is 4.57. The van der Waals surface area contributed by atoms with E-state index in [1.165, 1.54) is 5.56 Å². The Labute approximate surface area is 87.7 Å². The summed E-state index contributed by atoms with van der Waals surface area (Å²) in [6.45, 7) is 1.93. The van der Waals surface area contributed by atoms with Gasteiger partial charge in [-0.2, -0.15) is 0 Å². The summed E-state index contributed by atoms with van der Waals surface area (Å²) in [4.78, 5) is 2.13. The lowest BCUT2D eigenvalue weighted by Gasteiger charge is -2.19. The first-order chi connectivity index (χ1) is 7.18. The maximum atomic E-state index is 12.9. The molecule has 2 unspecified atom stereocenters. The Hall–Kier alpha value is -0.960. The van der Waals surface area contributed by atoms with Crippen molar-refractivity contribution in [1.82, 2.24) is 4.90 Å². The number of nitrogens with zero attached hydrogens (tertiary/aromatic N) is 1. The Morgan fingerprint density at radius 3 is 2.33 bits per heavy atom. The number of likely N-dealkylation sites (tertiary alicyclic amines) is 1. The van der Waals surface area contributed by atoms with E-state index in [-0.39, 0.29) is 11.8 Å². The van der Waals surface area contributed by atoms with Crippen LogP contribution in [0.25, 0.3) is 0 Å². The van der Waals surface area contributed by atoms with E-state index in [1.807, 2.05) is 30.3 Å². The number of alkyl halides is 2. The van der Waals surface area contributed by atoms with Gasteiger partial charge >= 0.3 is 0 Å². The van der Waals surface area contributed by atoms with Crippen molar-refractivity contribution in [3.05, 3.63) is 35.9 Å². The molecule has 1 aromatic carbocycles. The smallest absolute Gasteiger partial charge is 0.257 e. The fourth-order valence-corrected chi connectivity index (χ4v) is 2.56. The largest absolute Gasteiger partial charge is 0.298 e. The molecule has 3 heteroatoms. The lowest BCUT2D eigenvalue weighted by atomic mass is 10.2. The third kappa shape index (κ3) is 1.46. The fourth-order valence-electron chi connectivity index (χ4n) is 2.56. The molecule has 0 aromatic heterocycles. The van der Waals surface area contributed by atoms with E-state index >= 15 is 0 Å². The van der Waals surface area contributed by atoms with Crippen molar-refractivity contribution >= 4 is 0 Å². The lowest BCUT2D eigenvalue weighted by molar-refractivity contribution is 0.0519. The van der Waals surface area contributed by atoms with Crippen LogP contribution in [-0.2, 0) is 6.54 Å². The van der Waals surface area contributed by atoms with E-state index < -0.39 is 5.92 Å². The van der Waals surface area contributed by atoms with E-state index in [0.717, 1.165) is 6.54 Å². The summed E-state index contributed by atoms with van der Waals surface area (Å²) >= 11 is 0. The Morgan fingerprint density at radius 1 is 1.13 bits per heavy atom. The molecule has 2 aliphatic rings. The van der Waals surface area contributed by atoms with Gasteiger partial charge in [-0.05, 0) is 5.56 Å². The first-order valence-electron chi connectivity index (χ1n) is 5.32. The topological polar surface area (TPSA) is 3.24 Å². The van der Waals surface area contributed by atoms with Crippen molar-refractivity contribution in [3.63, 3.8) is 0 Å². The lowest BCUT2D eigenvalue weighted by Crippen LogP contribution is -2.27. The van der Waals surface area contributed by atoms with Crippen LogP contribution in [-0.4, -0.2) is 23.9 Å². The minimum atomic E-state index is -2.35. The van der Waals surface area contributed by atoms with Gasteiger partial charge in [-0.3, -0.25) is 4.90 Å². The van der Waals surface area contributed by atoms with Gasteiger partial charge < -0.3 is 0 Å². The first kappa shape index (κ1) is 9.28. The molecule has 80 valence electrons. The maximum Gasteiger partial charge on any atom is 0.257 e. The molecule has 2 fully saturated rings. The minimum absolute atomic E-state index is 0.360. The summed E-state index contributed by atoms with van der Waals surface area (Å²) in [5.74, 6) is -3.07. The average Bonchev–Trinajstić information content (AvgIpc) is 2.64. The van der Waals surface area contributed by atoms with Crippen LogP contribution in [0.5, 0.6) is 0 Å². The van der Waals surface area contributed by atoms with E-state index in [0.29, 0.717) is 13.1 Å². The minimum Gasteiger partial charge on any atom is -0.298 e. The van der Waals surface area contributed by atoms with E-state index in [1.54, 1.807) is 0 Å². The van der Waals surface area contributed by atoms with Gasteiger partial charge in [0.25, 0.3) is 5.92 Å². The number of rotatable bonds is 2. The average molecular weight is 209 g/mol. The second-order valence-corrected chi connectivity index (χ2v) is 4.57. The molecule has 0 bridgehead atoms. The highest BCUT2D eigenvalue weighted by atomic mass is 19.3. The highest BCUT2D eigenvalue weighted by molar-refractivity contribution is 5.17. The summed E-state index contributed by atoms with van der Waals surface area (Å²) in [6.07, 6.45) is 0. The van der Waals surface area contributed by atoms with Crippen LogP contribution >= 0.6 is 0 Å². The van der Waals surface area contributed by atoms with Crippen molar-refractivity contribution in [2.75, 3.05) is 13.1 Å². The van der Waals surface area contributed by atoms with E-state index in [9.17, 15) is 8.78 Å². The molecular weight excluding hydrogens is 196 g/mol. The quantitative estimate of drug-likeness (QED) is 0.722. The predicted molar refractivity (Wildman–Crippen MR) is 53.6 cm³/mol. The number of piperidine rings is 1. The molecule has 0 amide bonds. The number of halogens is 2. The van der Waals surface area contributed by atoms with Crippen molar-refractivity contribution < 1.29 is 8.78 Å². The van der Waals surface area contributed by atoms with Gasteiger partial charge in [0.1, 0.15) is 0 Å². The Morgan fingerprint density at radius 2 is 1.73 bits per heavy atom. The van der Waals surface area contributed by atoms with Gasteiger partial charge in [0.05, 0.1) is 0 Å². The molecular formula is C12H13F2N. The van der Waals surface area contributed by atoms with Gasteiger partial charge in [-0.25, -0.2) is 8.78 Å². The molecule has 1 aromatic rings. The molecule has 1 aliphatic carbocycles. The molecule has 15 heavy (non-hydrogen) atoms. The number of hydrogen-bond donors (Lipinski definition) is 0. The zero-order valence-electron chi connectivity index (χ0n) is 8.37. The molecule has 1 saturated heterocycles. The Bertz CT molecular complexity index is 349. The molecule has 1 aliphatic heterocycles. The normalized spacial score (nSPS) is 32.7. The van der Waals surface area contributed by atoms with Crippen LogP contribution in [0.3, 0.4) is 0 Å². The molecule has 1 nitrogen and oxygen atoms in total. The maximum absolute atomic E-state index is 12.9. The summed E-state index contributed by atoms with van der Waals surface area (Å²) in [6, 6.07) is 10.0. The number of hydrogen-bond acceptors (Lipinski definition) is 1. The zero-order valence-corrected chi connectivity index (χ0v) is 8.37. The van der Waals surface area contributed by atoms with Crippen LogP contribution < -0.4 is 0 Å². The molecule has 3 rings (SSSR count). The Balaban J connectivity index is 1.61. The second kappa shape index (κ2) is 3.01. The van der Waals surface area contributed by atoms with Gasteiger partial charge in [0.15, 0.2) is 0 Å². The molecule has 0 spiro atoms. The van der Waals surface area contributed by atoms with Crippen LogP contribution in [0.2, 0.25) is 0 Å². The van der Waals surface area contributed by atoms with Gasteiger partial charge in [0, 0.05) is 31.5 Å². The molecule has 1 heterocycles. The van der Waals surface area contributed by atoms with Gasteiger partial charge in [0.2, 0.25) is 0 Å². The third-order valence-electron chi connectivity index (χ3n) is 3.52. The van der Waals surface area contributed by atoms with E-state index in [4.69, 9.17) is 0 Å². The predicted octanol–water partition coefficient (Wildman–Crippen LogP) is 2.38. The molecule has 2 atom stereocenters. The molecule has 0 N–H and O–H groups in total. The van der Waals surface area contributed by atoms with Crippen molar-refractivity contribution in [3.8, 4) is 0 Å². The fraction of sp³-hybridized carbons (Fsp3) is 0.500. The van der Waals surface area contributed by atoms with Crippen LogP contribution in [0.15, 0.2) is 30.3 Å². The number of benzene rings is 1. The summed E-state index contributed by atoms with van der Waals surface area (Å²) in [7, 11) is 0. The van der Waals surface area contributed by atoms with Gasteiger partial charge in [-0.15, -0.1) is 0 Å². The molecule has 1 saturated carbocycles. The summed E-state index contributed by atoms with van der Waals surface area (Å²) < 4.78 is 25.9. The van der Waals surface area contributed by atoms with Crippen LogP contribution in [0.4, 0.5) is 8.78 Å². The zero-order chi connectivity index (χ0) is 10.5. The summed E-state index contributed by atoms with van der Waals surface area (Å²) in [5, 5.41) is 0. The highest BCUT2D eigenvalue weighted by Crippen LogP contribution is 2.59. The van der Waals surface area contributed by atoms with E-state index in [2.05, 4.69) is 4.90 Å². The SMILES string of the molecule is FC1(F)C2CN(Cc3ccccc3)CC21. The standard InChI is InChI=1S/C12H13F2N/c13-12(14)10-7-15(8-11(10)12)6-9-4-2-1-3-5-9/h1-5,10-11H,6-8H2. The van der Waals surface area contributed by atoms with Crippen molar-refractivity contribution in [1.29, 1.82) is 0 Å². The number of fused-ring (bicyclic) bond motifs is 1. The first-order valence-corrected chi connectivity index (χ1v) is 5.32. The Kier molecular flexibility index (Phi) is 1.87. The highest BCUT2D eigenvalue weighted by Gasteiger charge is 2.71.